The quantitative estimate of drug-likeness (QED) is 0.626. The molecule has 0 N–H and O–H groups in total. The third-order valence-corrected chi connectivity index (χ3v) is 3.11. The molecule has 1 heterocycles. The molecule has 1 atom stereocenters. The van der Waals surface area contributed by atoms with Gasteiger partial charge in [-0.25, -0.2) is 4.79 Å². The van der Waals surface area contributed by atoms with Crippen molar-refractivity contribution in [2.24, 2.45) is 0 Å². The van der Waals surface area contributed by atoms with E-state index in [-0.39, 0.29) is 11.9 Å². The Labute approximate surface area is 111 Å². The maximum atomic E-state index is 11.8. The van der Waals surface area contributed by atoms with Crippen LogP contribution >= 0.6 is 0 Å². The van der Waals surface area contributed by atoms with Crippen LogP contribution in [0, 0.1) is 0 Å². The molecule has 0 amide bonds. The van der Waals surface area contributed by atoms with Crippen molar-refractivity contribution in [2.75, 3.05) is 7.11 Å². The van der Waals surface area contributed by atoms with Gasteiger partial charge in [-0.3, -0.25) is 4.79 Å². The number of hydrogen-bond acceptors (Lipinski definition) is 4. The molecule has 4 nitrogen and oxygen atoms in total. The Bertz CT molecular complexity index is 642. The predicted molar refractivity (Wildman–Crippen MR) is 72.1 cm³/mol. The van der Waals surface area contributed by atoms with Gasteiger partial charge in [-0.2, -0.15) is 0 Å². The summed E-state index contributed by atoms with van der Waals surface area (Å²) in [6.07, 6.45) is 1.58. The summed E-state index contributed by atoms with van der Waals surface area (Å²) < 4.78 is 9.96. The van der Waals surface area contributed by atoms with Gasteiger partial charge in [0.1, 0.15) is 5.58 Å². The van der Waals surface area contributed by atoms with Crippen molar-refractivity contribution >= 4 is 16.9 Å². The van der Waals surface area contributed by atoms with E-state index in [1.165, 1.54) is 13.2 Å². The zero-order chi connectivity index (χ0) is 13.8. The number of hydrogen-bond donors (Lipinski definition) is 0. The smallest absolute Gasteiger partial charge is 0.336 e. The first-order valence-electron chi connectivity index (χ1n) is 6.27. The van der Waals surface area contributed by atoms with Gasteiger partial charge in [0.2, 0.25) is 0 Å². The molecular weight excluding hydrogens is 244 g/mol. The average molecular weight is 260 g/mol. The van der Waals surface area contributed by atoms with Crippen LogP contribution in [0.15, 0.2) is 39.5 Å². The lowest BCUT2D eigenvalue weighted by Gasteiger charge is -2.14. The summed E-state index contributed by atoms with van der Waals surface area (Å²) in [7, 11) is 1.38. The van der Waals surface area contributed by atoms with Crippen molar-refractivity contribution in [2.45, 2.75) is 25.7 Å². The highest BCUT2D eigenvalue weighted by Gasteiger charge is 2.20. The van der Waals surface area contributed by atoms with Crippen LogP contribution in [0.2, 0.25) is 0 Å². The number of fused-ring (bicyclic) bond motifs is 1. The molecule has 0 aliphatic heterocycles. The van der Waals surface area contributed by atoms with Crippen molar-refractivity contribution in [3.05, 3.63) is 46.3 Å². The SMILES string of the molecule is CCCC(C(=O)OC)c1ccc2ccc(=O)oc2c1. The summed E-state index contributed by atoms with van der Waals surface area (Å²) >= 11 is 0. The molecule has 0 bridgehead atoms. The van der Waals surface area contributed by atoms with Crippen LogP contribution in [0.1, 0.15) is 31.2 Å². The van der Waals surface area contributed by atoms with E-state index in [4.69, 9.17) is 9.15 Å². The minimum absolute atomic E-state index is 0.264. The first-order chi connectivity index (χ1) is 9.15. The molecule has 0 aliphatic carbocycles. The molecule has 100 valence electrons. The van der Waals surface area contributed by atoms with Gasteiger partial charge in [0, 0.05) is 11.5 Å². The van der Waals surface area contributed by atoms with Gasteiger partial charge in [-0.15, -0.1) is 0 Å². The van der Waals surface area contributed by atoms with Gasteiger partial charge in [-0.05, 0) is 24.1 Å². The number of ether oxygens (including phenoxy) is 1. The predicted octanol–water partition coefficient (Wildman–Crippen LogP) is 2.85. The Morgan fingerprint density at radius 2 is 2.05 bits per heavy atom. The first kappa shape index (κ1) is 13.3. The Kier molecular flexibility index (Phi) is 4.00. The Morgan fingerprint density at radius 3 is 2.74 bits per heavy atom. The Morgan fingerprint density at radius 1 is 1.32 bits per heavy atom. The Balaban J connectivity index is 2.47. The lowest BCUT2D eigenvalue weighted by Crippen LogP contribution is -2.14. The largest absolute Gasteiger partial charge is 0.469 e. The molecule has 1 aromatic heterocycles. The molecule has 0 saturated heterocycles. The van der Waals surface area contributed by atoms with Crippen molar-refractivity contribution in [1.82, 2.24) is 0 Å². The second-order valence-corrected chi connectivity index (χ2v) is 4.42. The zero-order valence-electron chi connectivity index (χ0n) is 11.0. The van der Waals surface area contributed by atoms with Crippen molar-refractivity contribution in [3.8, 4) is 0 Å². The summed E-state index contributed by atoms with van der Waals surface area (Å²) in [6.45, 7) is 2.01. The standard InChI is InChI=1S/C15H16O4/c1-3-4-12(15(17)18-2)11-6-5-10-7-8-14(16)19-13(10)9-11/h5-9,12H,3-4H2,1-2H3. The highest BCUT2D eigenvalue weighted by atomic mass is 16.5. The van der Waals surface area contributed by atoms with E-state index < -0.39 is 5.63 Å². The van der Waals surface area contributed by atoms with Gasteiger partial charge in [-0.1, -0.05) is 25.5 Å². The van der Waals surface area contributed by atoms with Gasteiger partial charge in [0.15, 0.2) is 0 Å². The monoisotopic (exact) mass is 260 g/mol. The molecule has 0 fully saturated rings. The van der Waals surface area contributed by atoms with Crippen LogP contribution in [-0.2, 0) is 9.53 Å². The zero-order valence-corrected chi connectivity index (χ0v) is 11.0. The average Bonchev–Trinajstić information content (AvgIpc) is 2.43. The van der Waals surface area contributed by atoms with Gasteiger partial charge in [0.25, 0.3) is 0 Å². The summed E-state index contributed by atoms with van der Waals surface area (Å²) in [4.78, 5) is 23.0. The van der Waals surface area contributed by atoms with E-state index in [1.54, 1.807) is 12.1 Å². The van der Waals surface area contributed by atoms with E-state index in [1.807, 2.05) is 19.1 Å². The minimum Gasteiger partial charge on any atom is -0.469 e. The van der Waals surface area contributed by atoms with Crippen LogP contribution in [0.25, 0.3) is 11.0 Å². The normalized spacial score (nSPS) is 12.3. The molecule has 0 radical (unpaired) electrons. The highest BCUT2D eigenvalue weighted by Crippen LogP contribution is 2.25. The van der Waals surface area contributed by atoms with E-state index >= 15 is 0 Å². The number of carbonyl (C=O) groups excluding carboxylic acids is 1. The third-order valence-electron chi connectivity index (χ3n) is 3.11. The van der Waals surface area contributed by atoms with Crippen molar-refractivity contribution < 1.29 is 13.9 Å². The van der Waals surface area contributed by atoms with Crippen LogP contribution in [0.4, 0.5) is 0 Å². The molecule has 0 saturated carbocycles. The summed E-state index contributed by atoms with van der Waals surface area (Å²) in [5.41, 5.74) is 0.917. The summed E-state index contributed by atoms with van der Waals surface area (Å²) in [5, 5.41) is 0.837. The third kappa shape index (κ3) is 2.84. The van der Waals surface area contributed by atoms with Crippen LogP contribution in [-0.4, -0.2) is 13.1 Å². The van der Waals surface area contributed by atoms with Crippen LogP contribution in [0.5, 0.6) is 0 Å². The topological polar surface area (TPSA) is 56.5 Å². The first-order valence-corrected chi connectivity index (χ1v) is 6.27. The lowest BCUT2D eigenvalue weighted by molar-refractivity contribution is -0.142. The fourth-order valence-corrected chi connectivity index (χ4v) is 2.15. The molecule has 1 aromatic carbocycles. The number of esters is 1. The number of methoxy groups -OCH3 is 1. The van der Waals surface area contributed by atoms with Crippen molar-refractivity contribution in [3.63, 3.8) is 0 Å². The number of carbonyl (C=O) groups is 1. The van der Waals surface area contributed by atoms with E-state index in [0.717, 1.165) is 17.4 Å². The lowest BCUT2D eigenvalue weighted by atomic mass is 9.94. The summed E-state index contributed by atoms with van der Waals surface area (Å²) in [6, 6.07) is 8.55. The second kappa shape index (κ2) is 5.69. The minimum atomic E-state index is -0.394. The van der Waals surface area contributed by atoms with E-state index in [2.05, 4.69) is 0 Å². The molecule has 4 heteroatoms. The molecule has 0 aliphatic rings. The van der Waals surface area contributed by atoms with Gasteiger partial charge >= 0.3 is 11.6 Å². The van der Waals surface area contributed by atoms with Crippen LogP contribution < -0.4 is 5.63 Å². The van der Waals surface area contributed by atoms with E-state index in [0.29, 0.717) is 12.0 Å². The molecular formula is C15H16O4. The van der Waals surface area contributed by atoms with Crippen LogP contribution in [0.3, 0.4) is 0 Å². The second-order valence-electron chi connectivity index (χ2n) is 4.42. The fourth-order valence-electron chi connectivity index (χ4n) is 2.15. The fraction of sp³-hybridized carbons (Fsp3) is 0.333. The summed E-state index contributed by atoms with van der Waals surface area (Å²) in [5.74, 6) is -0.579. The van der Waals surface area contributed by atoms with Gasteiger partial charge in [0.05, 0.1) is 13.0 Å². The number of benzene rings is 1. The molecule has 1 unspecified atom stereocenters. The number of rotatable bonds is 4. The molecule has 0 spiro atoms. The molecule has 2 aromatic rings. The highest BCUT2D eigenvalue weighted by molar-refractivity contribution is 5.82. The Hall–Kier alpha value is -2.10. The molecule has 19 heavy (non-hydrogen) atoms. The maximum Gasteiger partial charge on any atom is 0.336 e. The van der Waals surface area contributed by atoms with E-state index in [9.17, 15) is 9.59 Å². The van der Waals surface area contributed by atoms with Crippen molar-refractivity contribution in [1.29, 1.82) is 0 Å². The maximum absolute atomic E-state index is 11.8. The van der Waals surface area contributed by atoms with Gasteiger partial charge < -0.3 is 9.15 Å². The molecule has 2 rings (SSSR count).